The molecule has 2 aliphatic rings. The Kier molecular flexibility index (Phi) is 16.4. The van der Waals surface area contributed by atoms with Gasteiger partial charge in [-0.1, -0.05) is 38.1 Å². The number of allylic oxidation sites excluding steroid dienone is 4. The number of carbonyl (C=O) groups is 2. The Hall–Kier alpha value is -8.22. The van der Waals surface area contributed by atoms with Gasteiger partial charge in [0.2, 0.25) is 0 Å². The van der Waals surface area contributed by atoms with Gasteiger partial charge in [-0.15, -0.1) is 0 Å². The van der Waals surface area contributed by atoms with Crippen molar-refractivity contribution in [2.24, 2.45) is 0 Å². The first kappa shape index (κ1) is 62.3. The molecule has 9 rings (SSSR count). The SMILES string of the molecule is CCC1=C(C)c2nc1c(-c1ccc(S(=O)(=O)O)c(F)c1)c1[nH]c(c(CCC(=O)O)c1C)c(-c1ccc(S(=O)(=O)O)c(F)c1)c1nc(c(-c3ccc(S(=O)(=O)O)c(F)c3)c3[nH]c(c(CC)c3C)c2-c2ccc(S(=O)(=O)O)c(F)c2)C(C)=C1CCC(=O)O. The maximum atomic E-state index is 16.5. The summed E-state index contributed by atoms with van der Waals surface area (Å²) in [6, 6.07) is 10.7. The number of aliphatic carboxylic acids is 2. The van der Waals surface area contributed by atoms with Crippen LogP contribution in [0.5, 0.6) is 0 Å². The molecule has 7 aromatic rings. The summed E-state index contributed by atoms with van der Waals surface area (Å²) >= 11 is 0. The number of aromatic amines is 2. The number of carboxylic acids is 2. The smallest absolute Gasteiger partial charge is 0.303 e. The number of aryl methyl sites for hydroxylation is 4. The van der Waals surface area contributed by atoms with Gasteiger partial charge in [0, 0.05) is 35.1 Å². The standard InChI is InChI=1S/C58H50F4N4O16S4/c1-7-33-25(3)51-47(29-9-15-41(37(59)21-29)83(71,72)73)53-27(5)35(13-19-45(67)68)57(65-53)50(32-12-18-44(40(62)24-32)86(80,81)82)58-36(14-20-46(69)70)28(6)54(66-58)49(31-11-17-43(39(61)23-31)85(77,78)79)56-34(8-2)26(4)52(64-56)48(55(33)63-51)30-10-16-42(38(60)22-30)84(74,75)76/h9-12,15-18,21-24,63,66H,7-8,13-14,19-20H2,1-6H3,(H,67,68)(H,69,70)(H,71,72,73)(H,74,75,76)(H,77,78,79)(H,80,81,82). The van der Waals surface area contributed by atoms with Crippen LogP contribution < -0.4 is 0 Å². The summed E-state index contributed by atoms with van der Waals surface area (Å²) in [6.45, 7) is 9.69. The molecule has 450 valence electrons. The van der Waals surface area contributed by atoms with Crippen LogP contribution in [0.2, 0.25) is 0 Å². The first-order valence-electron chi connectivity index (χ1n) is 25.9. The summed E-state index contributed by atoms with van der Waals surface area (Å²) < 4.78 is 206. The molecule has 0 atom stereocenters. The molecule has 5 heterocycles. The van der Waals surface area contributed by atoms with Crippen molar-refractivity contribution in [1.29, 1.82) is 0 Å². The Morgan fingerprint density at radius 3 is 1.07 bits per heavy atom. The Bertz CT molecular complexity index is 4900. The average Bonchev–Trinajstić information content (AvgIpc) is 1.94. The van der Waals surface area contributed by atoms with Crippen LogP contribution in [0, 0.1) is 37.1 Å². The number of benzene rings is 4. The predicted molar refractivity (Wildman–Crippen MR) is 309 cm³/mol. The van der Waals surface area contributed by atoms with Gasteiger partial charge in [-0.3, -0.25) is 27.8 Å². The summed E-state index contributed by atoms with van der Waals surface area (Å²) in [4.78, 5) is 37.8. The number of halogens is 4. The number of aromatic nitrogens is 4. The number of hydrogen-bond acceptors (Lipinski definition) is 12. The highest BCUT2D eigenvalue weighted by molar-refractivity contribution is 7.86. The Morgan fingerprint density at radius 2 is 0.733 bits per heavy atom. The molecule has 3 aromatic heterocycles. The molecule has 8 bridgehead atoms. The third-order valence-corrected chi connectivity index (χ3v) is 18.8. The molecule has 8 N–H and O–H groups in total. The minimum atomic E-state index is -5.26. The van der Waals surface area contributed by atoms with Gasteiger partial charge in [-0.05, 0) is 169 Å². The molecular weight excluding hydrogens is 1210 g/mol. The predicted octanol–water partition coefficient (Wildman–Crippen LogP) is 11.9. The fourth-order valence-electron chi connectivity index (χ4n) is 11.3. The molecule has 0 radical (unpaired) electrons. The van der Waals surface area contributed by atoms with E-state index in [4.69, 9.17) is 9.97 Å². The maximum absolute atomic E-state index is 16.5. The number of nitrogens with one attached hydrogen (secondary N) is 2. The number of fused-ring (bicyclic) bond motifs is 8. The molecule has 86 heavy (non-hydrogen) atoms. The van der Waals surface area contributed by atoms with E-state index in [0.717, 1.165) is 60.7 Å². The van der Waals surface area contributed by atoms with Gasteiger partial charge in [0.1, 0.15) is 42.9 Å². The summed E-state index contributed by atoms with van der Waals surface area (Å²) in [7, 11) is -20.9. The van der Waals surface area contributed by atoms with Crippen LogP contribution in [-0.4, -0.2) is 94.0 Å². The van der Waals surface area contributed by atoms with Crippen LogP contribution in [0.15, 0.2) is 92.4 Å². The molecule has 0 spiro atoms. The van der Waals surface area contributed by atoms with Crippen molar-refractivity contribution >= 4 is 96.8 Å². The molecule has 2 aliphatic heterocycles. The quantitative estimate of drug-likeness (QED) is 0.0329. The van der Waals surface area contributed by atoms with Crippen LogP contribution in [0.25, 0.3) is 88.9 Å². The monoisotopic (exact) mass is 1260 g/mol. The third-order valence-electron chi connectivity index (χ3n) is 15.2. The van der Waals surface area contributed by atoms with Crippen molar-refractivity contribution in [3.05, 3.63) is 141 Å². The number of nitrogens with zero attached hydrogens (tertiary/aromatic N) is 2. The maximum Gasteiger partial charge on any atom is 0.303 e. The minimum Gasteiger partial charge on any atom is -0.481 e. The van der Waals surface area contributed by atoms with Crippen LogP contribution in [0.1, 0.15) is 98.4 Å². The highest BCUT2D eigenvalue weighted by Gasteiger charge is 2.33. The van der Waals surface area contributed by atoms with Crippen molar-refractivity contribution in [3.63, 3.8) is 0 Å². The zero-order valence-electron chi connectivity index (χ0n) is 46.0. The Balaban J connectivity index is 1.71. The summed E-state index contributed by atoms with van der Waals surface area (Å²) in [5, 5.41) is 20.6. The van der Waals surface area contributed by atoms with Gasteiger partial charge >= 0.3 is 11.9 Å². The lowest BCUT2D eigenvalue weighted by atomic mass is 9.91. The van der Waals surface area contributed by atoms with E-state index >= 15 is 17.6 Å². The van der Waals surface area contributed by atoms with E-state index < -0.39 is 121 Å². The average molecular weight is 1260 g/mol. The molecule has 4 aromatic carbocycles. The van der Waals surface area contributed by atoms with Crippen molar-refractivity contribution in [1.82, 2.24) is 19.9 Å². The van der Waals surface area contributed by atoms with E-state index in [1.165, 1.54) is 19.9 Å². The van der Waals surface area contributed by atoms with E-state index in [2.05, 4.69) is 9.97 Å². The van der Waals surface area contributed by atoms with Crippen molar-refractivity contribution in [3.8, 4) is 44.5 Å². The zero-order valence-corrected chi connectivity index (χ0v) is 49.2. The highest BCUT2D eigenvalue weighted by atomic mass is 32.2. The fraction of sp³-hybridized carbons (Fsp3) is 0.207. The summed E-state index contributed by atoms with van der Waals surface area (Å²) in [5.74, 6) is -8.54. The van der Waals surface area contributed by atoms with Gasteiger partial charge in [-0.25, -0.2) is 27.5 Å². The molecule has 0 unspecified atom stereocenters. The van der Waals surface area contributed by atoms with Crippen LogP contribution in [-0.2, 0) is 62.9 Å². The number of hydrogen-bond donors (Lipinski definition) is 8. The summed E-state index contributed by atoms with van der Waals surface area (Å²) in [6.07, 6.45) is -1.90. The number of H-pyrrole nitrogens is 2. The molecule has 28 heteroatoms. The number of rotatable bonds is 16. The van der Waals surface area contributed by atoms with E-state index in [0.29, 0.717) is 28.3 Å². The highest BCUT2D eigenvalue weighted by Crippen LogP contribution is 2.50. The second-order valence-electron chi connectivity index (χ2n) is 20.3. The van der Waals surface area contributed by atoms with E-state index in [-0.39, 0.29) is 124 Å². The van der Waals surface area contributed by atoms with Crippen LogP contribution >= 0.6 is 0 Å². The first-order chi connectivity index (χ1) is 40.1. The largest absolute Gasteiger partial charge is 0.481 e. The topological polar surface area (TPSA) is 349 Å². The molecule has 0 aliphatic carbocycles. The normalized spacial score (nSPS) is 13.3. The molecule has 20 nitrogen and oxygen atoms in total. The first-order valence-corrected chi connectivity index (χ1v) is 31.6. The van der Waals surface area contributed by atoms with E-state index in [1.54, 1.807) is 27.7 Å². The van der Waals surface area contributed by atoms with Gasteiger partial charge in [0.25, 0.3) is 40.5 Å². The lowest BCUT2D eigenvalue weighted by molar-refractivity contribution is -0.137. The lowest BCUT2D eigenvalue weighted by Gasteiger charge is -2.12. The van der Waals surface area contributed by atoms with Crippen molar-refractivity contribution in [2.75, 3.05) is 0 Å². The third kappa shape index (κ3) is 11.3. The second-order valence-corrected chi connectivity index (χ2v) is 25.8. The van der Waals surface area contributed by atoms with Gasteiger partial charge < -0.3 is 20.2 Å². The molecule has 0 saturated heterocycles. The summed E-state index contributed by atoms with van der Waals surface area (Å²) in [5.41, 5.74) is 0.874. The molecular formula is C58H50F4N4O16S4. The van der Waals surface area contributed by atoms with Crippen LogP contribution in [0.3, 0.4) is 0 Å². The molecule has 0 saturated carbocycles. The second kappa shape index (κ2) is 22.6. The van der Waals surface area contributed by atoms with Crippen molar-refractivity contribution < 1.29 is 89.2 Å². The van der Waals surface area contributed by atoms with Crippen molar-refractivity contribution in [2.45, 2.75) is 99.6 Å². The van der Waals surface area contributed by atoms with Gasteiger partial charge in [-0.2, -0.15) is 33.7 Å². The van der Waals surface area contributed by atoms with E-state index in [1.807, 2.05) is 0 Å². The number of carboxylic acid groups (broad SMARTS) is 2. The lowest BCUT2D eigenvalue weighted by Crippen LogP contribution is -2.03. The Morgan fingerprint density at radius 1 is 0.430 bits per heavy atom. The molecule has 0 amide bonds. The van der Waals surface area contributed by atoms with E-state index in [9.17, 15) is 71.7 Å². The van der Waals surface area contributed by atoms with Crippen LogP contribution in [0.4, 0.5) is 17.6 Å². The fourth-order valence-corrected chi connectivity index (χ4v) is 13.5. The van der Waals surface area contributed by atoms with Gasteiger partial charge in [0.05, 0.1) is 44.8 Å². The molecule has 0 fully saturated rings. The minimum absolute atomic E-state index is 0.000622. The zero-order chi connectivity index (χ0) is 63.2. The van der Waals surface area contributed by atoms with Gasteiger partial charge in [0.15, 0.2) is 0 Å². The Labute approximate surface area is 488 Å².